The van der Waals surface area contributed by atoms with Crippen LogP contribution in [0.4, 0.5) is 4.39 Å². The van der Waals surface area contributed by atoms with E-state index in [0.29, 0.717) is 42.9 Å². The molecule has 0 unspecified atom stereocenters. The summed E-state index contributed by atoms with van der Waals surface area (Å²) in [6.45, 7) is 1.03. The molecule has 2 aliphatic rings. The second-order valence-electron chi connectivity index (χ2n) is 6.89. The third-order valence-electron chi connectivity index (χ3n) is 5.09. The molecule has 0 bridgehead atoms. The van der Waals surface area contributed by atoms with Gasteiger partial charge in [-0.05, 0) is 37.1 Å². The summed E-state index contributed by atoms with van der Waals surface area (Å²) in [6.07, 6.45) is 0.684. The molecular weight excluding hydrogens is 351 g/mol. The van der Waals surface area contributed by atoms with Crippen LogP contribution in [0.25, 0.3) is 11.3 Å². The molecule has 7 nitrogen and oxygen atoms in total. The number of aliphatic hydroxyl groups is 1. The van der Waals surface area contributed by atoms with Crippen LogP contribution < -0.4 is 0 Å². The molecule has 2 fully saturated rings. The van der Waals surface area contributed by atoms with Crippen LogP contribution in [0, 0.1) is 5.82 Å². The van der Waals surface area contributed by atoms with Crippen molar-refractivity contribution in [2.75, 3.05) is 13.1 Å². The predicted molar refractivity (Wildman–Crippen MR) is 93.6 cm³/mol. The largest absolute Gasteiger partial charge is 0.393 e. The number of piperazine rings is 1. The third kappa shape index (κ3) is 3.40. The fourth-order valence-corrected chi connectivity index (χ4v) is 3.45. The summed E-state index contributed by atoms with van der Waals surface area (Å²) in [6, 6.07) is 9.60. The normalized spacial score (nSPS) is 22.7. The van der Waals surface area contributed by atoms with E-state index in [1.54, 1.807) is 35.2 Å². The Morgan fingerprint density at radius 3 is 2.48 bits per heavy atom. The van der Waals surface area contributed by atoms with Crippen molar-refractivity contribution in [1.82, 2.24) is 20.0 Å². The minimum absolute atomic E-state index is 0.0431. The van der Waals surface area contributed by atoms with Crippen LogP contribution in [0.5, 0.6) is 0 Å². The van der Waals surface area contributed by atoms with Crippen LogP contribution in [-0.4, -0.2) is 62.2 Å². The zero-order valence-electron chi connectivity index (χ0n) is 14.6. The standard InChI is InChI=1S/C19H19FN4O3/c20-16-4-2-1-3-15(16)17-6-5-12(21-22-17)11-23-7-8-24(19(27)18(23)26)13-9-14(25)10-13/h1-6,13-14,25H,7-11H2. The van der Waals surface area contributed by atoms with Gasteiger partial charge in [0.1, 0.15) is 5.82 Å². The number of carbonyl (C=O) groups excluding carboxylic acids is 2. The lowest BCUT2D eigenvalue weighted by molar-refractivity contribution is -0.161. The number of hydrogen-bond acceptors (Lipinski definition) is 5. The minimum atomic E-state index is -0.567. The summed E-state index contributed by atoms with van der Waals surface area (Å²) in [5.41, 5.74) is 1.30. The highest BCUT2D eigenvalue weighted by Crippen LogP contribution is 2.27. The van der Waals surface area contributed by atoms with Gasteiger partial charge in [0.05, 0.1) is 24.0 Å². The maximum atomic E-state index is 13.8. The number of halogens is 1. The maximum Gasteiger partial charge on any atom is 0.312 e. The number of hydrogen-bond donors (Lipinski definition) is 1. The van der Waals surface area contributed by atoms with Gasteiger partial charge in [0.2, 0.25) is 0 Å². The van der Waals surface area contributed by atoms with Crippen LogP contribution in [0.3, 0.4) is 0 Å². The molecule has 4 rings (SSSR count). The van der Waals surface area contributed by atoms with E-state index in [0.717, 1.165) is 0 Å². The Morgan fingerprint density at radius 2 is 1.81 bits per heavy atom. The number of nitrogens with zero attached hydrogens (tertiary/aromatic N) is 4. The lowest BCUT2D eigenvalue weighted by Gasteiger charge is -2.44. The lowest BCUT2D eigenvalue weighted by Crippen LogP contribution is -2.60. The van der Waals surface area contributed by atoms with Crippen LogP contribution in [0.1, 0.15) is 18.5 Å². The average molecular weight is 370 g/mol. The second kappa shape index (κ2) is 7.03. The van der Waals surface area contributed by atoms with E-state index in [1.807, 2.05) is 0 Å². The highest BCUT2D eigenvalue weighted by Gasteiger charge is 2.41. The predicted octanol–water partition coefficient (Wildman–Crippen LogP) is 0.977. The smallest absolute Gasteiger partial charge is 0.312 e. The highest BCUT2D eigenvalue weighted by atomic mass is 19.1. The van der Waals surface area contributed by atoms with E-state index in [2.05, 4.69) is 10.2 Å². The number of rotatable bonds is 4. The zero-order valence-corrected chi connectivity index (χ0v) is 14.6. The molecule has 1 aliphatic heterocycles. The molecule has 2 heterocycles. The highest BCUT2D eigenvalue weighted by molar-refractivity contribution is 6.35. The number of benzene rings is 1. The topological polar surface area (TPSA) is 86.6 Å². The molecule has 1 aromatic heterocycles. The van der Waals surface area contributed by atoms with Gasteiger partial charge < -0.3 is 14.9 Å². The minimum Gasteiger partial charge on any atom is -0.393 e. The van der Waals surface area contributed by atoms with Crippen LogP contribution in [0.15, 0.2) is 36.4 Å². The molecule has 2 amide bonds. The summed E-state index contributed by atoms with van der Waals surface area (Å²) in [5.74, 6) is -1.48. The lowest BCUT2D eigenvalue weighted by atomic mass is 9.87. The van der Waals surface area contributed by atoms with Crippen molar-refractivity contribution in [3.63, 3.8) is 0 Å². The van der Waals surface area contributed by atoms with E-state index < -0.39 is 11.8 Å². The number of aliphatic hydroxyl groups excluding tert-OH is 1. The van der Waals surface area contributed by atoms with Crippen molar-refractivity contribution in [3.8, 4) is 11.3 Å². The number of aromatic nitrogens is 2. The molecule has 1 saturated carbocycles. The summed E-state index contributed by atoms with van der Waals surface area (Å²) in [7, 11) is 0. The Labute approximate surface area is 155 Å². The molecular formula is C19H19FN4O3. The summed E-state index contributed by atoms with van der Waals surface area (Å²) >= 11 is 0. The van der Waals surface area contributed by atoms with Crippen LogP contribution >= 0.6 is 0 Å². The SMILES string of the molecule is O=C1C(=O)N(C2CC(O)C2)CCN1Cc1ccc(-c2ccccc2F)nn1. The molecule has 27 heavy (non-hydrogen) atoms. The molecule has 1 aromatic carbocycles. The molecule has 1 N–H and O–H groups in total. The first kappa shape index (κ1) is 17.5. The maximum absolute atomic E-state index is 13.8. The Morgan fingerprint density at radius 1 is 1.04 bits per heavy atom. The summed E-state index contributed by atoms with van der Waals surface area (Å²) in [5, 5.41) is 17.5. The van der Waals surface area contributed by atoms with Gasteiger partial charge in [-0.2, -0.15) is 10.2 Å². The zero-order chi connectivity index (χ0) is 19.0. The molecule has 2 aromatic rings. The number of carbonyl (C=O) groups is 2. The van der Waals surface area contributed by atoms with Gasteiger partial charge in [-0.25, -0.2) is 4.39 Å². The van der Waals surface area contributed by atoms with Crippen molar-refractivity contribution < 1.29 is 19.1 Å². The van der Waals surface area contributed by atoms with Gasteiger partial charge in [-0.1, -0.05) is 12.1 Å². The van der Waals surface area contributed by atoms with Gasteiger partial charge in [0.25, 0.3) is 0 Å². The first-order valence-electron chi connectivity index (χ1n) is 8.88. The Bertz CT molecular complexity index is 868. The van der Waals surface area contributed by atoms with E-state index in [-0.39, 0.29) is 24.5 Å². The van der Waals surface area contributed by atoms with Gasteiger partial charge >= 0.3 is 11.8 Å². The fourth-order valence-electron chi connectivity index (χ4n) is 3.45. The first-order valence-corrected chi connectivity index (χ1v) is 8.88. The van der Waals surface area contributed by atoms with Crippen LogP contribution in [-0.2, 0) is 16.1 Å². The molecule has 140 valence electrons. The Hall–Kier alpha value is -2.87. The quantitative estimate of drug-likeness (QED) is 0.811. The monoisotopic (exact) mass is 370 g/mol. The van der Waals surface area contributed by atoms with Crippen molar-refractivity contribution in [3.05, 3.63) is 47.9 Å². The van der Waals surface area contributed by atoms with Crippen molar-refractivity contribution >= 4 is 11.8 Å². The van der Waals surface area contributed by atoms with Crippen molar-refractivity contribution in [2.45, 2.75) is 31.5 Å². The fraction of sp³-hybridized carbons (Fsp3) is 0.368. The van der Waals surface area contributed by atoms with Gasteiger partial charge in [0, 0.05) is 24.7 Å². The second-order valence-corrected chi connectivity index (χ2v) is 6.89. The molecule has 0 atom stereocenters. The molecule has 8 heteroatoms. The summed E-state index contributed by atoms with van der Waals surface area (Å²) < 4.78 is 13.8. The molecule has 1 saturated heterocycles. The van der Waals surface area contributed by atoms with Gasteiger partial charge in [-0.3, -0.25) is 9.59 Å². The third-order valence-corrected chi connectivity index (χ3v) is 5.09. The van der Waals surface area contributed by atoms with E-state index in [9.17, 15) is 19.1 Å². The van der Waals surface area contributed by atoms with Crippen LogP contribution in [0.2, 0.25) is 0 Å². The Kier molecular flexibility index (Phi) is 4.57. The molecule has 0 radical (unpaired) electrons. The van der Waals surface area contributed by atoms with E-state index >= 15 is 0 Å². The first-order chi connectivity index (χ1) is 13.0. The van der Waals surface area contributed by atoms with Crippen molar-refractivity contribution in [1.29, 1.82) is 0 Å². The van der Waals surface area contributed by atoms with Gasteiger partial charge in [-0.15, -0.1) is 0 Å². The van der Waals surface area contributed by atoms with E-state index in [1.165, 1.54) is 11.0 Å². The molecule has 0 spiro atoms. The number of amides is 2. The average Bonchev–Trinajstić information content (AvgIpc) is 2.65. The van der Waals surface area contributed by atoms with Crippen molar-refractivity contribution in [2.24, 2.45) is 0 Å². The summed E-state index contributed by atoms with van der Waals surface area (Å²) in [4.78, 5) is 27.7. The van der Waals surface area contributed by atoms with Gasteiger partial charge in [0.15, 0.2) is 0 Å². The van der Waals surface area contributed by atoms with E-state index in [4.69, 9.17) is 0 Å². The Balaban J connectivity index is 1.42. The molecule has 1 aliphatic carbocycles.